The molecule has 0 saturated carbocycles. The highest BCUT2D eigenvalue weighted by molar-refractivity contribution is 9.10. The Balaban J connectivity index is 2.49. The predicted octanol–water partition coefficient (Wildman–Crippen LogP) is 4.01. The number of nitrogens with one attached hydrogen (secondary N) is 1. The van der Waals surface area contributed by atoms with Crippen molar-refractivity contribution in [3.63, 3.8) is 0 Å². The van der Waals surface area contributed by atoms with E-state index >= 15 is 0 Å². The molecule has 2 aromatic rings. The van der Waals surface area contributed by atoms with Gasteiger partial charge in [-0.25, -0.2) is 4.39 Å². The summed E-state index contributed by atoms with van der Waals surface area (Å²) in [4.78, 5) is 0. The van der Waals surface area contributed by atoms with E-state index in [1.165, 1.54) is 19.2 Å². The van der Waals surface area contributed by atoms with Crippen LogP contribution in [0.25, 0.3) is 11.3 Å². The van der Waals surface area contributed by atoms with E-state index in [9.17, 15) is 17.6 Å². The van der Waals surface area contributed by atoms with E-state index in [2.05, 4.69) is 21.0 Å². The van der Waals surface area contributed by atoms with Crippen LogP contribution in [0.4, 0.5) is 17.6 Å². The van der Waals surface area contributed by atoms with Gasteiger partial charge in [0.15, 0.2) is 17.3 Å². The minimum absolute atomic E-state index is 0.00598. The number of benzene rings is 1. The fourth-order valence-electron chi connectivity index (χ4n) is 1.52. The zero-order valence-corrected chi connectivity index (χ0v) is 11.1. The third-order valence-electron chi connectivity index (χ3n) is 2.42. The average molecular weight is 339 g/mol. The van der Waals surface area contributed by atoms with Crippen LogP contribution in [0, 0.1) is 5.82 Å². The molecular weight excluding hydrogens is 332 g/mol. The van der Waals surface area contributed by atoms with Crippen LogP contribution in [0.1, 0.15) is 5.69 Å². The zero-order chi connectivity index (χ0) is 14.2. The summed E-state index contributed by atoms with van der Waals surface area (Å²) in [7, 11) is 1.30. The van der Waals surface area contributed by atoms with Gasteiger partial charge in [-0.2, -0.15) is 18.3 Å². The summed E-state index contributed by atoms with van der Waals surface area (Å²) >= 11 is 2.82. The van der Waals surface area contributed by atoms with Gasteiger partial charge in [-0.05, 0) is 34.1 Å². The summed E-state index contributed by atoms with van der Waals surface area (Å²) in [5.41, 5.74) is -0.829. The number of halogens is 5. The van der Waals surface area contributed by atoms with Crippen molar-refractivity contribution in [2.24, 2.45) is 0 Å². The minimum atomic E-state index is -4.56. The molecule has 0 aliphatic carbocycles. The van der Waals surface area contributed by atoms with Crippen LogP contribution < -0.4 is 4.74 Å². The fraction of sp³-hybridized carbons (Fsp3) is 0.182. The Morgan fingerprint density at radius 3 is 2.47 bits per heavy atom. The second-order valence-corrected chi connectivity index (χ2v) is 4.40. The number of aromatic amines is 1. The summed E-state index contributed by atoms with van der Waals surface area (Å²) in [6.07, 6.45) is -4.56. The van der Waals surface area contributed by atoms with Crippen molar-refractivity contribution >= 4 is 15.9 Å². The molecular formula is C11H7BrF4N2O. The van der Waals surface area contributed by atoms with Crippen LogP contribution in [0.15, 0.2) is 22.7 Å². The summed E-state index contributed by atoms with van der Waals surface area (Å²) < 4.78 is 55.7. The van der Waals surface area contributed by atoms with Crippen LogP contribution in [-0.4, -0.2) is 17.3 Å². The van der Waals surface area contributed by atoms with Crippen molar-refractivity contribution in [3.8, 4) is 17.0 Å². The Bertz CT molecular complexity index is 609. The van der Waals surface area contributed by atoms with Crippen molar-refractivity contribution in [2.45, 2.75) is 6.18 Å². The number of ether oxygens (including phenoxy) is 1. The van der Waals surface area contributed by atoms with Crippen LogP contribution in [-0.2, 0) is 6.18 Å². The maximum Gasteiger partial charge on any atom is 0.433 e. The normalized spacial score (nSPS) is 11.7. The van der Waals surface area contributed by atoms with Gasteiger partial charge in [0.05, 0.1) is 11.6 Å². The van der Waals surface area contributed by atoms with Gasteiger partial charge in [-0.15, -0.1) is 0 Å². The van der Waals surface area contributed by atoms with Crippen molar-refractivity contribution in [3.05, 3.63) is 34.2 Å². The molecule has 0 aliphatic heterocycles. The predicted molar refractivity (Wildman–Crippen MR) is 63.2 cm³/mol. The molecule has 0 bridgehead atoms. The third kappa shape index (κ3) is 2.58. The second-order valence-electron chi connectivity index (χ2n) is 3.61. The molecule has 0 amide bonds. The molecule has 1 aromatic heterocycles. The van der Waals surface area contributed by atoms with E-state index in [0.717, 1.165) is 6.07 Å². The zero-order valence-electron chi connectivity index (χ0n) is 9.48. The van der Waals surface area contributed by atoms with Crippen LogP contribution >= 0.6 is 15.9 Å². The molecule has 2 rings (SSSR count). The lowest BCUT2D eigenvalue weighted by atomic mass is 10.1. The number of alkyl halides is 3. The average Bonchev–Trinajstić information content (AvgIpc) is 2.70. The Kier molecular flexibility index (Phi) is 3.53. The number of methoxy groups -OCH3 is 1. The molecule has 0 spiro atoms. The van der Waals surface area contributed by atoms with Crippen LogP contribution in [0.3, 0.4) is 0 Å². The highest BCUT2D eigenvalue weighted by Crippen LogP contribution is 2.38. The van der Waals surface area contributed by atoms with E-state index in [1.54, 1.807) is 0 Å². The number of nitrogens with zero attached hydrogens (tertiary/aromatic N) is 1. The number of hydrogen-bond donors (Lipinski definition) is 1. The maximum atomic E-state index is 13.5. The first-order valence-electron chi connectivity index (χ1n) is 4.99. The topological polar surface area (TPSA) is 37.9 Å². The summed E-state index contributed by atoms with van der Waals surface area (Å²) in [6, 6.07) is 3.79. The van der Waals surface area contributed by atoms with Gasteiger partial charge in [0.25, 0.3) is 0 Å². The molecule has 3 nitrogen and oxygen atoms in total. The smallest absolute Gasteiger partial charge is 0.433 e. The van der Waals surface area contributed by atoms with E-state index in [-0.39, 0.29) is 21.5 Å². The molecule has 1 heterocycles. The maximum absolute atomic E-state index is 13.5. The lowest BCUT2D eigenvalue weighted by Gasteiger charge is -2.05. The number of aromatic nitrogens is 2. The lowest BCUT2D eigenvalue weighted by Crippen LogP contribution is -2.06. The summed E-state index contributed by atoms with van der Waals surface area (Å²) in [6.45, 7) is 0. The molecule has 0 saturated heterocycles. The van der Waals surface area contributed by atoms with Gasteiger partial charge < -0.3 is 4.74 Å². The van der Waals surface area contributed by atoms with Gasteiger partial charge in [0, 0.05) is 5.56 Å². The number of H-pyrrole nitrogens is 1. The first-order valence-corrected chi connectivity index (χ1v) is 5.79. The summed E-state index contributed by atoms with van der Waals surface area (Å²) in [5, 5.41) is 5.43. The van der Waals surface area contributed by atoms with E-state index in [4.69, 9.17) is 4.74 Å². The standard InChI is InChI=1S/C11H7BrF4N2O/c1-19-7-3-2-5(4-6(7)13)9-8(12)10(18-17-9)11(14,15)16/h2-4H,1H3,(H,17,18). The highest BCUT2D eigenvalue weighted by atomic mass is 79.9. The quantitative estimate of drug-likeness (QED) is 0.840. The van der Waals surface area contributed by atoms with Gasteiger partial charge in [0.1, 0.15) is 5.69 Å². The lowest BCUT2D eigenvalue weighted by molar-refractivity contribution is -0.141. The molecule has 19 heavy (non-hydrogen) atoms. The van der Waals surface area contributed by atoms with Gasteiger partial charge in [-0.1, -0.05) is 0 Å². The van der Waals surface area contributed by atoms with Crippen molar-refractivity contribution < 1.29 is 22.3 Å². The van der Waals surface area contributed by atoms with Crippen molar-refractivity contribution in [2.75, 3.05) is 7.11 Å². The van der Waals surface area contributed by atoms with Gasteiger partial charge in [-0.3, -0.25) is 5.10 Å². The van der Waals surface area contributed by atoms with E-state index < -0.39 is 17.7 Å². The molecule has 0 aliphatic rings. The molecule has 0 radical (unpaired) electrons. The molecule has 1 N–H and O–H groups in total. The van der Waals surface area contributed by atoms with E-state index in [1.807, 2.05) is 5.10 Å². The first kappa shape index (κ1) is 13.9. The van der Waals surface area contributed by atoms with Gasteiger partial charge >= 0.3 is 6.18 Å². The Hall–Kier alpha value is -1.57. The monoisotopic (exact) mass is 338 g/mol. The first-order chi connectivity index (χ1) is 8.84. The molecule has 0 fully saturated rings. The molecule has 0 atom stereocenters. The molecule has 102 valence electrons. The van der Waals surface area contributed by atoms with Crippen LogP contribution in [0.2, 0.25) is 0 Å². The Morgan fingerprint density at radius 2 is 2.00 bits per heavy atom. The minimum Gasteiger partial charge on any atom is -0.494 e. The van der Waals surface area contributed by atoms with Crippen molar-refractivity contribution in [1.82, 2.24) is 10.2 Å². The second kappa shape index (κ2) is 4.84. The Labute approximate surface area is 113 Å². The fourth-order valence-corrected chi connectivity index (χ4v) is 2.15. The third-order valence-corrected chi connectivity index (χ3v) is 3.19. The number of hydrogen-bond acceptors (Lipinski definition) is 2. The largest absolute Gasteiger partial charge is 0.494 e. The van der Waals surface area contributed by atoms with Crippen LogP contribution in [0.5, 0.6) is 5.75 Å². The summed E-state index contributed by atoms with van der Waals surface area (Å²) in [5.74, 6) is -0.671. The van der Waals surface area contributed by atoms with E-state index in [0.29, 0.717) is 0 Å². The molecule has 1 aromatic carbocycles. The highest BCUT2D eigenvalue weighted by Gasteiger charge is 2.36. The molecule has 8 heteroatoms. The number of rotatable bonds is 2. The molecule has 0 unspecified atom stereocenters. The van der Waals surface area contributed by atoms with Gasteiger partial charge in [0.2, 0.25) is 0 Å². The van der Waals surface area contributed by atoms with Crippen molar-refractivity contribution in [1.29, 1.82) is 0 Å². The SMILES string of the molecule is COc1ccc(-c2n[nH]c(C(F)(F)F)c2Br)cc1F. The Morgan fingerprint density at radius 1 is 1.32 bits per heavy atom.